The molecule has 1 aromatic rings. The van der Waals surface area contributed by atoms with E-state index in [1.54, 1.807) is 0 Å². The Morgan fingerprint density at radius 3 is 3.00 bits per heavy atom. The number of aryl methyl sites for hydroxylation is 1. The average molecular weight is 235 g/mol. The van der Waals surface area contributed by atoms with Crippen molar-refractivity contribution in [3.63, 3.8) is 0 Å². The van der Waals surface area contributed by atoms with Crippen molar-refractivity contribution >= 4 is 0 Å². The molecule has 3 heteroatoms. The lowest BCUT2D eigenvalue weighted by atomic mass is 10.1. The highest BCUT2D eigenvalue weighted by Crippen LogP contribution is 2.21. The van der Waals surface area contributed by atoms with Gasteiger partial charge in [-0.3, -0.25) is 0 Å². The predicted octanol–water partition coefficient (Wildman–Crippen LogP) is 2.40. The van der Waals surface area contributed by atoms with Crippen LogP contribution in [0.1, 0.15) is 30.4 Å². The molecule has 1 atom stereocenters. The van der Waals surface area contributed by atoms with Gasteiger partial charge < -0.3 is 15.2 Å². The van der Waals surface area contributed by atoms with E-state index in [1.807, 2.05) is 12.1 Å². The number of rotatable bonds is 4. The van der Waals surface area contributed by atoms with Crippen LogP contribution in [-0.2, 0) is 11.3 Å². The molecule has 0 aliphatic carbocycles. The van der Waals surface area contributed by atoms with Gasteiger partial charge in [-0.15, -0.1) is 0 Å². The lowest BCUT2D eigenvalue weighted by Gasteiger charge is -2.23. The molecule has 0 radical (unpaired) electrons. The van der Waals surface area contributed by atoms with Gasteiger partial charge in [0.1, 0.15) is 12.4 Å². The van der Waals surface area contributed by atoms with Gasteiger partial charge in [0.15, 0.2) is 0 Å². The van der Waals surface area contributed by atoms with Crippen molar-refractivity contribution in [3.8, 4) is 5.75 Å². The first kappa shape index (κ1) is 12.4. The molecule has 1 saturated heterocycles. The summed E-state index contributed by atoms with van der Waals surface area (Å²) in [6, 6.07) is 6.14. The van der Waals surface area contributed by atoms with Gasteiger partial charge in [0.2, 0.25) is 0 Å². The van der Waals surface area contributed by atoms with E-state index < -0.39 is 0 Å². The molecular weight excluding hydrogens is 214 g/mol. The predicted molar refractivity (Wildman–Crippen MR) is 68.2 cm³/mol. The number of hydrogen-bond donors (Lipinski definition) is 1. The van der Waals surface area contributed by atoms with Crippen molar-refractivity contribution < 1.29 is 9.47 Å². The SMILES string of the molecule is Cc1ccc(CN)c(OCC2CCCCO2)c1. The van der Waals surface area contributed by atoms with E-state index in [4.69, 9.17) is 15.2 Å². The molecule has 1 heterocycles. The maximum Gasteiger partial charge on any atom is 0.124 e. The van der Waals surface area contributed by atoms with E-state index in [1.165, 1.54) is 18.4 Å². The molecule has 1 fully saturated rings. The summed E-state index contributed by atoms with van der Waals surface area (Å²) in [6.45, 7) is 4.08. The highest BCUT2D eigenvalue weighted by atomic mass is 16.5. The Labute approximate surface area is 103 Å². The summed E-state index contributed by atoms with van der Waals surface area (Å²) >= 11 is 0. The minimum absolute atomic E-state index is 0.245. The van der Waals surface area contributed by atoms with Gasteiger partial charge in [-0.1, -0.05) is 12.1 Å². The smallest absolute Gasteiger partial charge is 0.124 e. The second-order valence-electron chi connectivity index (χ2n) is 4.61. The summed E-state index contributed by atoms with van der Waals surface area (Å²) in [5.41, 5.74) is 7.96. The van der Waals surface area contributed by atoms with E-state index >= 15 is 0 Å². The minimum Gasteiger partial charge on any atom is -0.491 e. The molecular formula is C14H21NO2. The summed E-state index contributed by atoms with van der Waals surface area (Å²) in [4.78, 5) is 0. The molecule has 2 rings (SSSR count). The van der Waals surface area contributed by atoms with E-state index in [-0.39, 0.29) is 6.10 Å². The monoisotopic (exact) mass is 235 g/mol. The molecule has 1 aliphatic rings. The molecule has 1 aromatic carbocycles. The molecule has 0 aromatic heterocycles. The van der Waals surface area contributed by atoms with Crippen LogP contribution in [0.5, 0.6) is 5.75 Å². The Balaban J connectivity index is 1.95. The van der Waals surface area contributed by atoms with Gasteiger partial charge in [-0.25, -0.2) is 0 Å². The van der Waals surface area contributed by atoms with Crippen LogP contribution in [0, 0.1) is 6.92 Å². The highest BCUT2D eigenvalue weighted by Gasteiger charge is 2.15. The third-order valence-corrected chi connectivity index (χ3v) is 3.14. The molecule has 0 spiro atoms. The number of ether oxygens (including phenoxy) is 2. The fourth-order valence-electron chi connectivity index (χ4n) is 2.09. The normalized spacial score (nSPS) is 20.2. The topological polar surface area (TPSA) is 44.5 Å². The van der Waals surface area contributed by atoms with Gasteiger partial charge in [0.25, 0.3) is 0 Å². The summed E-state index contributed by atoms with van der Waals surface area (Å²) in [6.07, 6.45) is 3.76. The number of benzene rings is 1. The van der Waals surface area contributed by atoms with Crippen molar-refractivity contribution in [3.05, 3.63) is 29.3 Å². The van der Waals surface area contributed by atoms with E-state index in [9.17, 15) is 0 Å². The third kappa shape index (κ3) is 3.45. The maximum atomic E-state index is 5.84. The number of nitrogens with two attached hydrogens (primary N) is 1. The van der Waals surface area contributed by atoms with E-state index in [0.717, 1.165) is 24.3 Å². The van der Waals surface area contributed by atoms with E-state index in [2.05, 4.69) is 13.0 Å². The number of hydrogen-bond acceptors (Lipinski definition) is 3. The van der Waals surface area contributed by atoms with Crippen LogP contribution in [-0.4, -0.2) is 19.3 Å². The van der Waals surface area contributed by atoms with Crippen molar-refractivity contribution in [2.24, 2.45) is 5.73 Å². The Morgan fingerprint density at radius 2 is 2.29 bits per heavy atom. The standard InChI is InChI=1S/C14H21NO2/c1-11-5-6-12(9-15)14(8-11)17-10-13-4-2-3-7-16-13/h5-6,8,13H,2-4,7,9-10,15H2,1H3. The van der Waals surface area contributed by atoms with Crippen molar-refractivity contribution in [2.75, 3.05) is 13.2 Å². The second kappa shape index (κ2) is 6.03. The molecule has 1 unspecified atom stereocenters. The van der Waals surface area contributed by atoms with Gasteiger partial charge in [0, 0.05) is 18.7 Å². The van der Waals surface area contributed by atoms with Gasteiger partial charge in [0.05, 0.1) is 6.10 Å². The van der Waals surface area contributed by atoms with Crippen LogP contribution >= 0.6 is 0 Å². The molecule has 3 nitrogen and oxygen atoms in total. The molecule has 0 amide bonds. The summed E-state index contributed by atoms with van der Waals surface area (Å²) in [7, 11) is 0. The first-order chi connectivity index (χ1) is 8.29. The first-order valence-electron chi connectivity index (χ1n) is 6.33. The fourth-order valence-corrected chi connectivity index (χ4v) is 2.09. The molecule has 0 bridgehead atoms. The average Bonchev–Trinajstić information content (AvgIpc) is 2.38. The zero-order valence-electron chi connectivity index (χ0n) is 10.4. The molecule has 94 valence electrons. The first-order valence-corrected chi connectivity index (χ1v) is 6.33. The quantitative estimate of drug-likeness (QED) is 0.871. The minimum atomic E-state index is 0.245. The van der Waals surface area contributed by atoms with Crippen LogP contribution in [0.15, 0.2) is 18.2 Å². The second-order valence-corrected chi connectivity index (χ2v) is 4.61. The zero-order valence-corrected chi connectivity index (χ0v) is 10.4. The van der Waals surface area contributed by atoms with Crippen molar-refractivity contribution in [1.82, 2.24) is 0 Å². The Kier molecular flexibility index (Phi) is 4.40. The van der Waals surface area contributed by atoms with Gasteiger partial charge in [-0.2, -0.15) is 0 Å². The zero-order chi connectivity index (χ0) is 12.1. The Hall–Kier alpha value is -1.06. The summed E-state index contributed by atoms with van der Waals surface area (Å²) in [5, 5.41) is 0. The van der Waals surface area contributed by atoms with Crippen molar-refractivity contribution in [1.29, 1.82) is 0 Å². The molecule has 17 heavy (non-hydrogen) atoms. The lowest BCUT2D eigenvalue weighted by Crippen LogP contribution is -2.26. The van der Waals surface area contributed by atoms with E-state index in [0.29, 0.717) is 13.2 Å². The largest absolute Gasteiger partial charge is 0.491 e. The van der Waals surface area contributed by atoms with Crippen LogP contribution < -0.4 is 10.5 Å². The Bertz CT molecular complexity index is 359. The summed E-state index contributed by atoms with van der Waals surface area (Å²) < 4.78 is 11.5. The molecule has 1 aliphatic heterocycles. The maximum absolute atomic E-state index is 5.84. The van der Waals surface area contributed by atoms with Crippen LogP contribution in [0.3, 0.4) is 0 Å². The lowest BCUT2D eigenvalue weighted by molar-refractivity contribution is -0.0112. The Morgan fingerprint density at radius 1 is 1.41 bits per heavy atom. The van der Waals surface area contributed by atoms with Crippen LogP contribution in [0.4, 0.5) is 0 Å². The fraction of sp³-hybridized carbons (Fsp3) is 0.571. The molecule has 0 saturated carbocycles. The van der Waals surface area contributed by atoms with Gasteiger partial charge >= 0.3 is 0 Å². The highest BCUT2D eigenvalue weighted by molar-refractivity contribution is 5.37. The van der Waals surface area contributed by atoms with Crippen LogP contribution in [0.2, 0.25) is 0 Å². The third-order valence-electron chi connectivity index (χ3n) is 3.14. The van der Waals surface area contributed by atoms with Crippen LogP contribution in [0.25, 0.3) is 0 Å². The van der Waals surface area contributed by atoms with Gasteiger partial charge in [-0.05, 0) is 37.8 Å². The molecule has 2 N–H and O–H groups in total. The van der Waals surface area contributed by atoms with Crippen molar-refractivity contribution in [2.45, 2.75) is 38.8 Å². The summed E-state index contributed by atoms with van der Waals surface area (Å²) in [5.74, 6) is 0.904.